The van der Waals surface area contributed by atoms with Gasteiger partial charge in [-0.05, 0) is 25.2 Å². The molecule has 3 fully saturated rings. The molecule has 0 saturated carbocycles. The smallest absolute Gasteiger partial charge is 0.313 e. The summed E-state index contributed by atoms with van der Waals surface area (Å²) in [7, 11) is 0. The summed E-state index contributed by atoms with van der Waals surface area (Å²) in [6.07, 6.45) is 9.59. The molecular formula is C29H43N3O7. The van der Waals surface area contributed by atoms with Crippen LogP contribution in [-0.2, 0) is 28.6 Å². The van der Waals surface area contributed by atoms with Crippen molar-refractivity contribution in [3.05, 3.63) is 24.3 Å². The molecule has 0 bridgehead atoms. The van der Waals surface area contributed by atoms with E-state index in [1.54, 1.807) is 4.90 Å². The molecule has 5 heterocycles. The number of ether oxygens (including phenoxy) is 3. The van der Waals surface area contributed by atoms with Gasteiger partial charge in [-0.25, -0.2) is 0 Å². The number of nitrogens with zero attached hydrogens (tertiary/aromatic N) is 3. The molecule has 1 spiro atoms. The number of allylic oxidation sites excluding steroid dienone is 1. The molecule has 1 unspecified atom stereocenters. The Morgan fingerprint density at radius 3 is 2.49 bits per heavy atom. The standard InChI is InChI=1S/C29H43N3O7/c1-4-28-9-6-5-7-16-38-27(36)23(28)22-25(34)32(21(19-33)20(2)3)24-26(35)31(11-8-10-29(22,24)39-28)13-12-30-14-17-37-18-15-30/h6,8-10,20-24,33H,4-5,7,11-19H2,1-3H3/b9-6-/t21-,22-,23-,24?,28+,29-/m0/s1. The van der Waals surface area contributed by atoms with Crippen LogP contribution >= 0.6 is 0 Å². The van der Waals surface area contributed by atoms with Crippen molar-refractivity contribution in [1.82, 2.24) is 14.7 Å². The van der Waals surface area contributed by atoms with E-state index in [1.165, 1.54) is 4.90 Å². The molecule has 0 aliphatic carbocycles. The van der Waals surface area contributed by atoms with Crippen LogP contribution in [0.1, 0.15) is 40.0 Å². The Labute approximate surface area is 230 Å². The second-order valence-corrected chi connectivity index (χ2v) is 11.7. The highest BCUT2D eigenvalue weighted by molar-refractivity contribution is 5.99. The van der Waals surface area contributed by atoms with Crippen LogP contribution in [0.25, 0.3) is 0 Å². The number of amides is 2. The molecule has 216 valence electrons. The van der Waals surface area contributed by atoms with Crippen LogP contribution in [-0.4, -0.2) is 120 Å². The number of carbonyl (C=O) groups excluding carboxylic acids is 3. The monoisotopic (exact) mass is 545 g/mol. The van der Waals surface area contributed by atoms with Gasteiger partial charge >= 0.3 is 5.97 Å². The second-order valence-electron chi connectivity index (χ2n) is 11.7. The van der Waals surface area contributed by atoms with Crippen molar-refractivity contribution in [3.8, 4) is 0 Å². The molecule has 0 aromatic rings. The van der Waals surface area contributed by atoms with E-state index in [4.69, 9.17) is 14.2 Å². The molecule has 6 atom stereocenters. The van der Waals surface area contributed by atoms with Gasteiger partial charge in [-0.3, -0.25) is 19.3 Å². The third kappa shape index (κ3) is 4.73. The van der Waals surface area contributed by atoms with Crippen molar-refractivity contribution in [2.45, 2.75) is 63.3 Å². The van der Waals surface area contributed by atoms with Crippen molar-refractivity contribution in [3.63, 3.8) is 0 Å². The third-order valence-corrected chi connectivity index (χ3v) is 9.26. The zero-order valence-corrected chi connectivity index (χ0v) is 23.4. The number of hydrogen-bond acceptors (Lipinski definition) is 8. The van der Waals surface area contributed by atoms with E-state index in [9.17, 15) is 19.5 Å². The second kappa shape index (κ2) is 11.3. The Balaban J connectivity index is 1.57. The summed E-state index contributed by atoms with van der Waals surface area (Å²) in [6.45, 7) is 10.3. The quantitative estimate of drug-likeness (QED) is 0.373. The van der Waals surface area contributed by atoms with Crippen molar-refractivity contribution in [2.75, 3.05) is 59.2 Å². The summed E-state index contributed by atoms with van der Waals surface area (Å²) in [5, 5.41) is 10.4. The number of aliphatic hydroxyl groups is 1. The Bertz CT molecular complexity index is 1010. The van der Waals surface area contributed by atoms with Crippen molar-refractivity contribution in [2.24, 2.45) is 17.8 Å². The average molecular weight is 546 g/mol. The Morgan fingerprint density at radius 1 is 1.03 bits per heavy atom. The fourth-order valence-corrected chi connectivity index (χ4v) is 7.13. The summed E-state index contributed by atoms with van der Waals surface area (Å²) in [4.78, 5) is 48.1. The number of esters is 1. The van der Waals surface area contributed by atoms with E-state index >= 15 is 0 Å². The number of fused-ring (bicyclic) bond motifs is 2. The average Bonchev–Trinajstić information content (AvgIpc) is 3.31. The summed E-state index contributed by atoms with van der Waals surface area (Å²) in [5.74, 6) is -2.92. The van der Waals surface area contributed by atoms with Gasteiger partial charge in [-0.1, -0.05) is 45.1 Å². The van der Waals surface area contributed by atoms with Crippen LogP contribution in [0.5, 0.6) is 0 Å². The molecule has 10 nitrogen and oxygen atoms in total. The molecule has 0 radical (unpaired) electrons. The zero-order chi connectivity index (χ0) is 27.8. The number of rotatable bonds is 7. The Hall–Kier alpha value is -2.27. The molecule has 39 heavy (non-hydrogen) atoms. The van der Waals surface area contributed by atoms with Gasteiger partial charge in [0.25, 0.3) is 0 Å². The molecule has 5 aliphatic heterocycles. The van der Waals surface area contributed by atoms with Crippen LogP contribution in [0, 0.1) is 17.8 Å². The summed E-state index contributed by atoms with van der Waals surface area (Å²) >= 11 is 0. The molecule has 5 aliphatic rings. The topological polar surface area (TPSA) is 109 Å². The van der Waals surface area contributed by atoms with E-state index < -0.39 is 41.1 Å². The first-order chi connectivity index (χ1) is 18.8. The first-order valence-corrected chi connectivity index (χ1v) is 14.5. The first kappa shape index (κ1) is 28.3. The van der Waals surface area contributed by atoms with E-state index in [2.05, 4.69) is 4.90 Å². The van der Waals surface area contributed by atoms with Gasteiger partial charge in [-0.15, -0.1) is 0 Å². The van der Waals surface area contributed by atoms with Gasteiger partial charge < -0.3 is 29.1 Å². The summed E-state index contributed by atoms with van der Waals surface area (Å²) in [6, 6.07) is -1.58. The largest absolute Gasteiger partial charge is 0.465 e. The third-order valence-electron chi connectivity index (χ3n) is 9.26. The van der Waals surface area contributed by atoms with Gasteiger partial charge in [0.1, 0.15) is 23.2 Å². The van der Waals surface area contributed by atoms with Crippen LogP contribution in [0.15, 0.2) is 24.3 Å². The van der Waals surface area contributed by atoms with Crippen LogP contribution in [0.3, 0.4) is 0 Å². The first-order valence-electron chi connectivity index (χ1n) is 14.5. The SMILES string of the molecule is CC[C@@]12/C=C\CCCOC(=O)[C@@H]1[C@H]1C(=O)N([C@@H](CO)C(C)C)C3C(=O)N(CCN4CCOCC4)CC=C[C@@]31O2. The predicted octanol–water partition coefficient (Wildman–Crippen LogP) is 0.988. The highest BCUT2D eigenvalue weighted by atomic mass is 16.6. The van der Waals surface area contributed by atoms with Gasteiger partial charge in [0.15, 0.2) is 0 Å². The summed E-state index contributed by atoms with van der Waals surface area (Å²) < 4.78 is 18.1. The highest BCUT2D eigenvalue weighted by Gasteiger charge is 2.76. The lowest BCUT2D eigenvalue weighted by atomic mass is 9.73. The Morgan fingerprint density at radius 2 is 1.79 bits per heavy atom. The lowest BCUT2D eigenvalue weighted by Crippen LogP contribution is -2.60. The molecule has 10 heteroatoms. The highest BCUT2D eigenvalue weighted by Crippen LogP contribution is 2.58. The van der Waals surface area contributed by atoms with Gasteiger partial charge in [-0.2, -0.15) is 0 Å². The molecule has 1 N–H and O–H groups in total. The molecular weight excluding hydrogens is 502 g/mol. The van der Waals surface area contributed by atoms with Gasteiger partial charge in [0, 0.05) is 32.7 Å². The normalized spacial score (nSPS) is 36.9. The van der Waals surface area contributed by atoms with Crippen molar-refractivity contribution in [1.29, 1.82) is 0 Å². The lowest BCUT2D eigenvalue weighted by molar-refractivity contribution is -0.163. The Kier molecular flexibility index (Phi) is 8.20. The minimum absolute atomic E-state index is 0.111. The molecule has 5 rings (SSSR count). The molecule has 2 amide bonds. The minimum atomic E-state index is -1.34. The number of cyclic esters (lactones) is 1. The van der Waals surface area contributed by atoms with E-state index in [0.29, 0.717) is 45.7 Å². The fourth-order valence-electron chi connectivity index (χ4n) is 7.13. The van der Waals surface area contributed by atoms with Crippen molar-refractivity contribution < 1.29 is 33.7 Å². The number of hydrogen-bond donors (Lipinski definition) is 1. The van der Waals surface area contributed by atoms with Gasteiger partial charge in [0.05, 0.1) is 38.4 Å². The minimum Gasteiger partial charge on any atom is -0.465 e. The van der Waals surface area contributed by atoms with Crippen LogP contribution < -0.4 is 0 Å². The van der Waals surface area contributed by atoms with Crippen LogP contribution in [0.2, 0.25) is 0 Å². The lowest BCUT2D eigenvalue weighted by Gasteiger charge is -2.42. The predicted molar refractivity (Wildman–Crippen MR) is 142 cm³/mol. The van der Waals surface area contributed by atoms with E-state index in [0.717, 1.165) is 19.5 Å². The van der Waals surface area contributed by atoms with E-state index in [-0.39, 0.29) is 30.9 Å². The van der Waals surface area contributed by atoms with Gasteiger partial charge in [0.2, 0.25) is 11.8 Å². The van der Waals surface area contributed by atoms with E-state index in [1.807, 2.05) is 45.1 Å². The number of morpholine rings is 1. The molecule has 0 aromatic heterocycles. The molecule has 0 aromatic carbocycles. The molecule has 3 saturated heterocycles. The van der Waals surface area contributed by atoms with Crippen molar-refractivity contribution >= 4 is 17.8 Å². The fraction of sp³-hybridized carbons (Fsp3) is 0.759. The maximum absolute atomic E-state index is 14.5. The number of aliphatic hydroxyl groups excluding tert-OH is 1. The maximum atomic E-state index is 14.5. The number of carbonyl (C=O) groups is 3. The zero-order valence-electron chi connectivity index (χ0n) is 23.4. The summed E-state index contributed by atoms with van der Waals surface area (Å²) in [5.41, 5.74) is -2.40. The van der Waals surface area contributed by atoms with Crippen LogP contribution in [0.4, 0.5) is 0 Å². The maximum Gasteiger partial charge on any atom is 0.313 e. The number of likely N-dealkylation sites (tertiary alicyclic amines) is 1.